The molecule has 2 fully saturated rings. The number of anilines is 1. The van der Waals surface area contributed by atoms with Crippen LogP contribution in [0.25, 0.3) is 0 Å². The second-order valence-corrected chi connectivity index (χ2v) is 8.98. The predicted molar refractivity (Wildman–Crippen MR) is 115 cm³/mol. The summed E-state index contributed by atoms with van der Waals surface area (Å²) >= 11 is 1.97. The molecule has 2 aromatic rings. The first-order chi connectivity index (χ1) is 13.8. The highest BCUT2D eigenvalue weighted by Gasteiger charge is 2.21. The van der Waals surface area contributed by atoms with Gasteiger partial charge < -0.3 is 10.2 Å². The molecule has 1 aliphatic heterocycles. The molecular weight excluding hydrogens is 368 g/mol. The topological polar surface area (TPSA) is 48.5 Å². The van der Waals surface area contributed by atoms with Crippen LogP contribution in [-0.4, -0.2) is 52.2 Å². The summed E-state index contributed by atoms with van der Waals surface area (Å²) in [6.45, 7) is 4.17. The van der Waals surface area contributed by atoms with Gasteiger partial charge in [0.2, 0.25) is 0 Å². The number of hydrogen-bond donors (Lipinski definition) is 1. The molecule has 4 rings (SSSR count). The van der Waals surface area contributed by atoms with E-state index in [0.717, 1.165) is 43.7 Å². The first-order valence-electron chi connectivity index (χ1n) is 10.2. The molecule has 5 nitrogen and oxygen atoms in total. The third-order valence-corrected chi connectivity index (χ3v) is 6.85. The van der Waals surface area contributed by atoms with Gasteiger partial charge in [0.05, 0.1) is 0 Å². The lowest BCUT2D eigenvalue weighted by Gasteiger charge is -2.34. The van der Waals surface area contributed by atoms with Gasteiger partial charge in [0, 0.05) is 61.0 Å². The van der Waals surface area contributed by atoms with Crippen LogP contribution in [-0.2, 0) is 6.54 Å². The Hall–Kier alpha value is -2.05. The number of nitrogens with zero attached hydrogens (tertiary/aromatic N) is 3. The van der Waals surface area contributed by atoms with Crippen molar-refractivity contribution in [3.63, 3.8) is 0 Å². The Morgan fingerprint density at radius 3 is 2.50 bits per heavy atom. The summed E-state index contributed by atoms with van der Waals surface area (Å²) in [7, 11) is 0. The number of nitrogens with one attached hydrogen (secondary N) is 1. The largest absolute Gasteiger partial charge is 0.322 e. The van der Waals surface area contributed by atoms with Gasteiger partial charge in [-0.05, 0) is 48.7 Å². The highest BCUT2D eigenvalue weighted by atomic mass is 32.2. The lowest BCUT2D eigenvalue weighted by molar-refractivity contribution is 0.143. The maximum absolute atomic E-state index is 12.6. The van der Waals surface area contributed by atoms with Crippen LogP contribution in [0.5, 0.6) is 0 Å². The van der Waals surface area contributed by atoms with Gasteiger partial charge in [0.1, 0.15) is 0 Å². The molecule has 1 saturated heterocycles. The zero-order valence-electron chi connectivity index (χ0n) is 16.2. The van der Waals surface area contributed by atoms with Gasteiger partial charge in [-0.1, -0.05) is 18.9 Å². The zero-order chi connectivity index (χ0) is 19.2. The molecule has 0 unspecified atom stereocenters. The average Bonchev–Trinajstić information content (AvgIpc) is 3.24. The Morgan fingerprint density at radius 2 is 1.82 bits per heavy atom. The van der Waals surface area contributed by atoms with Crippen LogP contribution in [0.4, 0.5) is 10.5 Å². The minimum absolute atomic E-state index is 0.00257. The van der Waals surface area contributed by atoms with Crippen molar-refractivity contribution in [1.29, 1.82) is 0 Å². The maximum atomic E-state index is 12.6. The van der Waals surface area contributed by atoms with Gasteiger partial charge in [-0.3, -0.25) is 9.88 Å². The van der Waals surface area contributed by atoms with E-state index < -0.39 is 0 Å². The van der Waals surface area contributed by atoms with Crippen molar-refractivity contribution in [3.05, 3.63) is 54.4 Å². The monoisotopic (exact) mass is 396 g/mol. The van der Waals surface area contributed by atoms with E-state index in [-0.39, 0.29) is 6.03 Å². The van der Waals surface area contributed by atoms with Crippen molar-refractivity contribution in [1.82, 2.24) is 14.8 Å². The lowest BCUT2D eigenvalue weighted by atomic mass is 10.2. The smallest absolute Gasteiger partial charge is 0.321 e. The number of rotatable bonds is 5. The number of pyridine rings is 1. The number of benzene rings is 1. The van der Waals surface area contributed by atoms with Crippen LogP contribution in [0, 0.1) is 0 Å². The van der Waals surface area contributed by atoms with Crippen LogP contribution >= 0.6 is 11.8 Å². The molecule has 0 atom stereocenters. The van der Waals surface area contributed by atoms with Gasteiger partial charge in [0.25, 0.3) is 0 Å². The van der Waals surface area contributed by atoms with Gasteiger partial charge in [0.15, 0.2) is 0 Å². The molecule has 148 valence electrons. The summed E-state index contributed by atoms with van der Waals surface area (Å²) in [4.78, 5) is 22.3. The fraction of sp³-hybridized carbons (Fsp3) is 0.455. The van der Waals surface area contributed by atoms with Crippen molar-refractivity contribution in [2.75, 3.05) is 31.5 Å². The standard InChI is InChI=1S/C22H28N4OS/c27-22(24-19-7-9-21(10-8-19)28-20-5-1-2-6-20)26-14-12-25(13-15-26)17-18-4-3-11-23-16-18/h3-4,7-11,16,20H,1-2,5-6,12-15,17H2,(H,24,27). The number of carbonyl (C=O) groups excluding carboxylic acids is 1. The minimum Gasteiger partial charge on any atom is -0.322 e. The van der Waals surface area contributed by atoms with Crippen molar-refractivity contribution >= 4 is 23.5 Å². The van der Waals surface area contributed by atoms with E-state index in [1.54, 1.807) is 6.20 Å². The fourth-order valence-corrected chi connectivity index (χ4v) is 5.12. The Kier molecular flexibility index (Phi) is 6.49. The van der Waals surface area contributed by atoms with Crippen LogP contribution in [0.1, 0.15) is 31.2 Å². The number of amides is 2. The molecule has 2 amide bonds. The Bertz CT molecular complexity index is 754. The summed E-state index contributed by atoms with van der Waals surface area (Å²) in [5.41, 5.74) is 2.09. The number of aromatic nitrogens is 1. The molecule has 1 aliphatic carbocycles. The van der Waals surface area contributed by atoms with Crippen molar-refractivity contribution in [2.24, 2.45) is 0 Å². The van der Waals surface area contributed by atoms with E-state index >= 15 is 0 Å². The number of carbonyl (C=O) groups is 1. The molecule has 2 aliphatic rings. The van der Waals surface area contributed by atoms with E-state index in [2.05, 4.69) is 33.4 Å². The first kappa shape index (κ1) is 19.3. The van der Waals surface area contributed by atoms with E-state index in [9.17, 15) is 4.79 Å². The normalized spacial score (nSPS) is 18.4. The molecule has 1 aromatic carbocycles. The number of piperazine rings is 1. The SMILES string of the molecule is O=C(Nc1ccc(SC2CCCC2)cc1)N1CCN(Cc2cccnc2)CC1. The quantitative estimate of drug-likeness (QED) is 0.810. The summed E-state index contributed by atoms with van der Waals surface area (Å²) in [5, 5.41) is 3.81. The first-order valence-corrected chi connectivity index (χ1v) is 11.1. The van der Waals surface area contributed by atoms with Crippen LogP contribution < -0.4 is 5.32 Å². The molecule has 1 N–H and O–H groups in total. The second kappa shape index (κ2) is 9.43. The summed E-state index contributed by atoms with van der Waals surface area (Å²) in [5.74, 6) is 0. The van der Waals surface area contributed by atoms with Gasteiger partial charge in [-0.25, -0.2) is 4.79 Å². The molecule has 0 radical (unpaired) electrons. The zero-order valence-corrected chi connectivity index (χ0v) is 17.0. The molecule has 1 saturated carbocycles. The number of urea groups is 1. The van der Waals surface area contributed by atoms with Crippen LogP contribution in [0.3, 0.4) is 0 Å². The molecule has 2 heterocycles. The molecule has 28 heavy (non-hydrogen) atoms. The van der Waals surface area contributed by atoms with Gasteiger partial charge >= 0.3 is 6.03 Å². The third kappa shape index (κ3) is 5.26. The van der Waals surface area contributed by atoms with Crippen LogP contribution in [0.2, 0.25) is 0 Å². The van der Waals surface area contributed by atoms with Gasteiger partial charge in [-0.15, -0.1) is 11.8 Å². The van der Waals surface area contributed by atoms with E-state index in [1.165, 1.54) is 36.1 Å². The Morgan fingerprint density at radius 1 is 1.07 bits per heavy atom. The molecule has 1 aromatic heterocycles. The maximum Gasteiger partial charge on any atom is 0.321 e. The van der Waals surface area contributed by atoms with Crippen molar-refractivity contribution < 1.29 is 4.79 Å². The van der Waals surface area contributed by atoms with Crippen LogP contribution in [0.15, 0.2) is 53.7 Å². The Balaban J connectivity index is 1.23. The summed E-state index contributed by atoms with van der Waals surface area (Å²) < 4.78 is 0. The highest BCUT2D eigenvalue weighted by Crippen LogP contribution is 2.34. The summed E-state index contributed by atoms with van der Waals surface area (Å²) in [6.07, 6.45) is 9.09. The van der Waals surface area contributed by atoms with E-state index in [4.69, 9.17) is 0 Å². The fourth-order valence-electron chi connectivity index (χ4n) is 3.88. The highest BCUT2D eigenvalue weighted by molar-refractivity contribution is 8.00. The molecular formula is C22H28N4OS. The van der Waals surface area contributed by atoms with Crippen molar-refractivity contribution in [3.8, 4) is 0 Å². The lowest BCUT2D eigenvalue weighted by Crippen LogP contribution is -2.49. The Labute approximate surface area is 171 Å². The summed E-state index contributed by atoms with van der Waals surface area (Å²) in [6, 6.07) is 12.4. The second-order valence-electron chi connectivity index (χ2n) is 7.60. The minimum atomic E-state index is -0.00257. The number of hydrogen-bond acceptors (Lipinski definition) is 4. The van der Waals surface area contributed by atoms with Gasteiger partial charge in [-0.2, -0.15) is 0 Å². The average molecular weight is 397 g/mol. The number of thioether (sulfide) groups is 1. The van der Waals surface area contributed by atoms with E-state index in [1.807, 2.05) is 41.1 Å². The molecule has 0 spiro atoms. The van der Waals surface area contributed by atoms with Crippen molar-refractivity contribution in [2.45, 2.75) is 42.4 Å². The molecule has 6 heteroatoms. The molecule has 0 bridgehead atoms. The predicted octanol–water partition coefficient (Wildman–Crippen LogP) is 4.47. The third-order valence-electron chi connectivity index (χ3n) is 5.50. The van der Waals surface area contributed by atoms with E-state index in [0.29, 0.717) is 0 Å².